The summed E-state index contributed by atoms with van der Waals surface area (Å²) in [5.41, 5.74) is 0.728. The van der Waals surface area contributed by atoms with Crippen molar-refractivity contribution < 1.29 is 9.18 Å². The lowest BCUT2D eigenvalue weighted by molar-refractivity contribution is -0.105. The molecule has 3 nitrogen and oxygen atoms in total. The number of amides is 1. The number of benzene rings is 1. The van der Waals surface area contributed by atoms with Crippen LogP contribution in [0.1, 0.15) is 13.8 Å². The summed E-state index contributed by atoms with van der Waals surface area (Å²) < 4.78 is 14.1. The van der Waals surface area contributed by atoms with Gasteiger partial charge in [-0.15, -0.1) is 0 Å². The van der Waals surface area contributed by atoms with Crippen LogP contribution in [0.4, 0.5) is 15.8 Å². The van der Waals surface area contributed by atoms with Crippen molar-refractivity contribution in [3.63, 3.8) is 0 Å². The van der Waals surface area contributed by atoms with Crippen LogP contribution < -0.4 is 10.6 Å². The lowest BCUT2D eigenvalue weighted by Gasteiger charge is -2.15. The molecular weight excluding hydrogens is 263 g/mol. The van der Waals surface area contributed by atoms with Crippen LogP contribution >= 0.6 is 15.9 Å². The van der Waals surface area contributed by atoms with Crippen LogP contribution in [-0.2, 0) is 4.79 Å². The lowest BCUT2D eigenvalue weighted by atomic mass is 10.2. The van der Waals surface area contributed by atoms with Crippen LogP contribution in [0.25, 0.3) is 0 Å². The van der Waals surface area contributed by atoms with Gasteiger partial charge in [-0.3, -0.25) is 4.79 Å². The Labute approximate surface area is 96.2 Å². The number of anilines is 2. The van der Waals surface area contributed by atoms with Gasteiger partial charge in [0.25, 0.3) is 0 Å². The fourth-order valence-corrected chi connectivity index (χ4v) is 1.63. The van der Waals surface area contributed by atoms with Crippen LogP contribution in [0, 0.1) is 5.82 Å². The molecule has 0 fully saturated rings. The van der Waals surface area contributed by atoms with Crippen molar-refractivity contribution in [1.82, 2.24) is 0 Å². The highest BCUT2D eigenvalue weighted by molar-refractivity contribution is 9.10. The second-order valence-corrected chi connectivity index (χ2v) is 4.29. The summed E-state index contributed by atoms with van der Waals surface area (Å²) >= 11 is 3.19. The van der Waals surface area contributed by atoms with Crippen molar-refractivity contribution in [1.29, 1.82) is 0 Å². The minimum absolute atomic E-state index is 0.158. The standard InChI is InChI=1S/C10H12BrFN2O/c1-6(2)14-9-4-7(11)3-8(12)10(9)13-5-15/h3-6,14H,1-2H3,(H,13,15). The largest absolute Gasteiger partial charge is 0.381 e. The number of hydrogen-bond donors (Lipinski definition) is 2. The second kappa shape index (κ2) is 5.11. The van der Waals surface area contributed by atoms with Gasteiger partial charge in [0.2, 0.25) is 6.41 Å². The fourth-order valence-electron chi connectivity index (χ4n) is 1.20. The van der Waals surface area contributed by atoms with E-state index in [1.807, 2.05) is 13.8 Å². The molecule has 0 aromatic heterocycles. The van der Waals surface area contributed by atoms with Gasteiger partial charge in [0.15, 0.2) is 0 Å². The first-order valence-electron chi connectivity index (χ1n) is 4.50. The van der Waals surface area contributed by atoms with Gasteiger partial charge in [0.1, 0.15) is 11.5 Å². The molecule has 0 saturated carbocycles. The molecule has 0 heterocycles. The predicted molar refractivity (Wildman–Crippen MR) is 62.5 cm³/mol. The van der Waals surface area contributed by atoms with E-state index in [0.717, 1.165) is 0 Å². The van der Waals surface area contributed by atoms with E-state index in [4.69, 9.17) is 0 Å². The average molecular weight is 275 g/mol. The molecule has 5 heteroatoms. The summed E-state index contributed by atoms with van der Waals surface area (Å²) in [4.78, 5) is 10.3. The Morgan fingerprint density at radius 2 is 2.13 bits per heavy atom. The van der Waals surface area contributed by atoms with Gasteiger partial charge in [-0.2, -0.15) is 0 Å². The molecule has 0 atom stereocenters. The Hall–Kier alpha value is -1.10. The topological polar surface area (TPSA) is 41.1 Å². The van der Waals surface area contributed by atoms with Crippen LogP contribution in [0.15, 0.2) is 16.6 Å². The molecule has 0 unspecified atom stereocenters. The number of rotatable bonds is 4. The van der Waals surface area contributed by atoms with Gasteiger partial charge < -0.3 is 10.6 Å². The minimum Gasteiger partial charge on any atom is -0.381 e. The number of hydrogen-bond acceptors (Lipinski definition) is 2. The SMILES string of the molecule is CC(C)Nc1cc(Br)cc(F)c1NC=O. The highest BCUT2D eigenvalue weighted by Gasteiger charge is 2.10. The normalized spacial score (nSPS) is 10.2. The van der Waals surface area contributed by atoms with E-state index in [1.165, 1.54) is 6.07 Å². The lowest BCUT2D eigenvalue weighted by Crippen LogP contribution is -2.12. The van der Waals surface area contributed by atoms with Gasteiger partial charge in [-0.25, -0.2) is 4.39 Å². The van der Waals surface area contributed by atoms with Crippen molar-refractivity contribution in [3.8, 4) is 0 Å². The molecule has 0 aliphatic heterocycles. The van der Waals surface area contributed by atoms with E-state index in [9.17, 15) is 9.18 Å². The zero-order chi connectivity index (χ0) is 11.4. The molecule has 2 N–H and O–H groups in total. The Kier molecular flexibility index (Phi) is 4.08. The maximum Gasteiger partial charge on any atom is 0.211 e. The number of halogens is 2. The summed E-state index contributed by atoms with van der Waals surface area (Å²) in [6.07, 6.45) is 0.456. The van der Waals surface area contributed by atoms with Crippen LogP contribution in [0.2, 0.25) is 0 Å². The van der Waals surface area contributed by atoms with Crippen LogP contribution in [-0.4, -0.2) is 12.5 Å². The van der Waals surface area contributed by atoms with Crippen molar-refractivity contribution in [2.75, 3.05) is 10.6 Å². The Morgan fingerprint density at radius 1 is 1.47 bits per heavy atom. The molecule has 82 valence electrons. The zero-order valence-corrected chi connectivity index (χ0v) is 10.1. The summed E-state index contributed by atoms with van der Waals surface area (Å²) in [5.74, 6) is -0.473. The number of carbonyl (C=O) groups is 1. The number of carbonyl (C=O) groups excluding carboxylic acids is 1. The molecule has 0 saturated heterocycles. The van der Waals surface area contributed by atoms with E-state index in [1.54, 1.807) is 6.07 Å². The Balaban J connectivity index is 3.13. The first-order valence-corrected chi connectivity index (χ1v) is 5.29. The first kappa shape index (κ1) is 12.0. The average Bonchev–Trinajstić information content (AvgIpc) is 2.10. The molecule has 1 aromatic rings. The van der Waals surface area contributed by atoms with E-state index in [0.29, 0.717) is 16.6 Å². The highest BCUT2D eigenvalue weighted by Crippen LogP contribution is 2.29. The Morgan fingerprint density at radius 3 is 2.67 bits per heavy atom. The molecule has 1 aromatic carbocycles. The van der Waals surface area contributed by atoms with Gasteiger partial charge in [-0.05, 0) is 26.0 Å². The monoisotopic (exact) mass is 274 g/mol. The summed E-state index contributed by atoms with van der Waals surface area (Å²) in [7, 11) is 0. The summed E-state index contributed by atoms with van der Waals surface area (Å²) in [5, 5.41) is 5.39. The van der Waals surface area contributed by atoms with Gasteiger partial charge >= 0.3 is 0 Å². The molecule has 0 aliphatic carbocycles. The molecule has 0 aliphatic rings. The molecule has 15 heavy (non-hydrogen) atoms. The highest BCUT2D eigenvalue weighted by atomic mass is 79.9. The van der Waals surface area contributed by atoms with Gasteiger partial charge in [0, 0.05) is 10.5 Å². The van der Waals surface area contributed by atoms with E-state index < -0.39 is 5.82 Å². The summed E-state index contributed by atoms with van der Waals surface area (Å²) in [6, 6.07) is 3.18. The van der Waals surface area contributed by atoms with Crippen molar-refractivity contribution in [2.45, 2.75) is 19.9 Å². The van der Waals surface area contributed by atoms with E-state index in [2.05, 4.69) is 26.6 Å². The summed E-state index contributed by atoms with van der Waals surface area (Å²) in [6.45, 7) is 3.87. The molecular formula is C10H12BrFN2O. The quantitative estimate of drug-likeness (QED) is 0.829. The van der Waals surface area contributed by atoms with Gasteiger partial charge in [-0.1, -0.05) is 15.9 Å². The van der Waals surface area contributed by atoms with Gasteiger partial charge in [0.05, 0.1) is 5.69 Å². The first-order chi connectivity index (χ1) is 7.04. The number of nitrogens with one attached hydrogen (secondary N) is 2. The third-order valence-corrected chi connectivity index (χ3v) is 2.16. The maximum absolute atomic E-state index is 13.5. The zero-order valence-electron chi connectivity index (χ0n) is 8.47. The molecule has 0 radical (unpaired) electrons. The molecule has 1 amide bonds. The maximum atomic E-state index is 13.5. The fraction of sp³-hybridized carbons (Fsp3) is 0.300. The third-order valence-electron chi connectivity index (χ3n) is 1.70. The predicted octanol–water partition coefficient (Wildman–Crippen LogP) is 2.98. The smallest absolute Gasteiger partial charge is 0.211 e. The van der Waals surface area contributed by atoms with E-state index >= 15 is 0 Å². The second-order valence-electron chi connectivity index (χ2n) is 3.37. The molecule has 0 spiro atoms. The Bertz CT molecular complexity index is 369. The van der Waals surface area contributed by atoms with Crippen molar-refractivity contribution in [3.05, 3.63) is 22.4 Å². The van der Waals surface area contributed by atoms with Crippen molar-refractivity contribution >= 4 is 33.7 Å². The van der Waals surface area contributed by atoms with Crippen molar-refractivity contribution in [2.24, 2.45) is 0 Å². The molecule has 0 bridgehead atoms. The third kappa shape index (κ3) is 3.20. The van der Waals surface area contributed by atoms with E-state index in [-0.39, 0.29) is 11.7 Å². The minimum atomic E-state index is -0.473. The molecule has 1 rings (SSSR count). The van der Waals surface area contributed by atoms with Crippen LogP contribution in [0.3, 0.4) is 0 Å². The van der Waals surface area contributed by atoms with Crippen LogP contribution in [0.5, 0.6) is 0 Å².